The molecule has 0 radical (unpaired) electrons. The summed E-state index contributed by atoms with van der Waals surface area (Å²) in [6, 6.07) is 8.60. The predicted molar refractivity (Wildman–Crippen MR) is 113 cm³/mol. The predicted octanol–water partition coefficient (Wildman–Crippen LogP) is 4.18. The van der Waals surface area contributed by atoms with Gasteiger partial charge in [-0.3, -0.25) is 4.79 Å². The number of carbonyl (C=O) groups is 1. The molecule has 0 aliphatic carbocycles. The molecule has 27 heavy (non-hydrogen) atoms. The minimum absolute atomic E-state index is 0.0450. The molecule has 0 fully saturated rings. The van der Waals surface area contributed by atoms with Gasteiger partial charge in [0.15, 0.2) is 10.9 Å². The Morgan fingerprint density at radius 3 is 2.41 bits per heavy atom. The average Bonchev–Trinajstić information content (AvgIpc) is 2.61. The van der Waals surface area contributed by atoms with Crippen LogP contribution < -0.4 is 5.32 Å². The highest BCUT2D eigenvalue weighted by Crippen LogP contribution is 2.25. The Hall–Kier alpha value is -1.63. The highest BCUT2D eigenvalue weighted by Gasteiger charge is 2.20. The molecular weight excluding hydrogens is 380 g/mol. The molecule has 1 N–H and O–H groups in total. The summed E-state index contributed by atoms with van der Waals surface area (Å²) >= 11 is 7.47. The fourth-order valence-electron chi connectivity index (χ4n) is 2.69. The number of nitrogens with zero attached hydrogens (tertiary/aromatic N) is 3. The standard InChI is InChI=1S/C20H27ClN4OS/c1-20(2,3)14-9-7-13(8-10-14)16(25(4)5)12-22-18(26)17-15(21)11-23-19(24-17)27-6/h7-11,16H,12H2,1-6H3,(H,22,26)/t16-/m0/s1. The van der Waals surface area contributed by atoms with Gasteiger partial charge in [-0.15, -0.1) is 0 Å². The zero-order valence-electron chi connectivity index (χ0n) is 16.7. The summed E-state index contributed by atoms with van der Waals surface area (Å²) in [7, 11) is 4.00. The van der Waals surface area contributed by atoms with Crippen molar-refractivity contribution in [1.29, 1.82) is 0 Å². The molecule has 1 aromatic heterocycles. The van der Waals surface area contributed by atoms with Gasteiger partial charge < -0.3 is 10.2 Å². The SMILES string of the molecule is CSc1ncc(Cl)c(C(=O)NC[C@@H](c2ccc(C(C)(C)C)cc2)N(C)C)n1. The third-order valence-electron chi connectivity index (χ3n) is 4.36. The second kappa shape index (κ2) is 9.04. The summed E-state index contributed by atoms with van der Waals surface area (Å²) in [6.45, 7) is 7.04. The number of hydrogen-bond acceptors (Lipinski definition) is 5. The van der Waals surface area contributed by atoms with Crippen LogP contribution in [0.3, 0.4) is 0 Å². The highest BCUT2D eigenvalue weighted by atomic mass is 35.5. The van der Waals surface area contributed by atoms with Crippen LogP contribution in [0.25, 0.3) is 0 Å². The lowest BCUT2D eigenvalue weighted by molar-refractivity contribution is 0.0936. The summed E-state index contributed by atoms with van der Waals surface area (Å²) in [5.74, 6) is -0.295. The van der Waals surface area contributed by atoms with Gasteiger partial charge in [0, 0.05) is 6.54 Å². The number of likely N-dealkylation sites (N-methyl/N-ethyl adjacent to an activating group) is 1. The van der Waals surface area contributed by atoms with Crippen molar-refractivity contribution in [2.45, 2.75) is 37.4 Å². The topological polar surface area (TPSA) is 58.1 Å². The van der Waals surface area contributed by atoms with E-state index in [4.69, 9.17) is 11.6 Å². The first-order valence-electron chi connectivity index (χ1n) is 8.75. The van der Waals surface area contributed by atoms with Gasteiger partial charge in [0.1, 0.15) is 0 Å². The van der Waals surface area contributed by atoms with E-state index in [-0.39, 0.29) is 28.1 Å². The maximum Gasteiger partial charge on any atom is 0.271 e. The zero-order chi connectivity index (χ0) is 20.2. The third-order valence-corrected chi connectivity index (χ3v) is 5.20. The van der Waals surface area contributed by atoms with Crippen molar-refractivity contribution < 1.29 is 4.79 Å². The largest absolute Gasteiger partial charge is 0.349 e. The van der Waals surface area contributed by atoms with Crippen LogP contribution in [-0.2, 0) is 5.41 Å². The number of hydrogen-bond donors (Lipinski definition) is 1. The monoisotopic (exact) mass is 406 g/mol. The molecule has 0 aliphatic rings. The van der Waals surface area contributed by atoms with Crippen LogP contribution in [0, 0.1) is 0 Å². The number of rotatable bonds is 6. The van der Waals surface area contributed by atoms with Crippen LogP contribution in [0.4, 0.5) is 0 Å². The lowest BCUT2D eigenvalue weighted by Crippen LogP contribution is -2.35. The van der Waals surface area contributed by atoms with E-state index < -0.39 is 0 Å². The van der Waals surface area contributed by atoms with Crippen molar-refractivity contribution in [2.75, 3.05) is 26.9 Å². The van der Waals surface area contributed by atoms with Gasteiger partial charge in [-0.1, -0.05) is 68.4 Å². The summed E-state index contributed by atoms with van der Waals surface area (Å²) in [5.41, 5.74) is 2.74. The van der Waals surface area contributed by atoms with E-state index in [2.05, 4.69) is 65.2 Å². The molecule has 2 aromatic rings. The fourth-order valence-corrected chi connectivity index (χ4v) is 3.20. The molecule has 5 nitrogen and oxygen atoms in total. The summed E-state index contributed by atoms with van der Waals surface area (Å²) < 4.78 is 0. The highest BCUT2D eigenvalue weighted by molar-refractivity contribution is 7.98. The van der Waals surface area contributed by atoms with Crippen molar-refractivity contribution in [3.05, 3.63) is 52.3 Å². The molecule has 7 heteroatoms. The molecule has 0 bridgehead atoms. The molecule has 1 atom stereocenters. The first-order chi connectivity index (χ1) is 12.6. The second-order valence-corrected chi connectivity index (χ2v) is 8.80. The van der Waals surface area contributed by atoms with Crippen LogP contribution in [-0.4, -0.2) is 47.7 Å². The smallest absolute Gasteiger partial charge is 0.271 e. The number of halogens is 1. The molecule has 146 valence electrons. The van der Waals surface area contributed by atoms with Crippen LogP contribution >= 0.6 is 23.4 Å². The normalized spacial score (nSPS) is 12.9. The second-order valence-electron chi connectivity index (χ2n) is 7.61. The van der Waals surface area contributed by atoms with Gasteiger partial charge in [-0.2, -0.15) is 0 Å². The lowest BCUT2D eigenvalue weighted by atomic mass is 9.86. The number of carbonyl (C=O) groups excluding carboxylic acids is 1. The molecule has 0 unspecified atom stereocenters. The van der Waals surface area contributed by atoms with E-state index in [1.165, 1.54) is 23.5 Å². The minimum atomic E-state index is -0.295. The van der Waals surface area contributed by atoms with E-state index >= 15 is 0 Å². The minimum Gasteiger partial charge on any atom is -0.349 e. The van der Waals surface area contributed by atoms with Crippen LogP contribution in [0.15, 0.2) is 35.6 Å². The molecule has 1 aromatic carbocycles. The average molecular weight is 407 g/mol. The number of aromatic nitrogens is 2. The molecule has 2 rings (SSSR count). The Labute approximate surface area is 170 Å². The summed E-state index contributed by atoms with van der Waals surface area (Å²) in [6.07, 6.45) is 3.32. The fraction of sp³-hybridized carbons (Fsp3) is 0.450. The van der Waals surface area contributed by atoms with Crippen molar-refractivity contribution in [2.24, 2.45) is 0 Å². The van der Waals surface area contributed by atoms with E-state index in [0.717, 1.165) is 5.56 Å². The number of amides is 1. The van der Waals surface area contributed by atoms with E-state index in [1.807, 2.05) is 20.4 Å². The number of thioether (sulfide) groups is 1. The Kier molecular flexibility index (Phi) is 7.25. The number of nitrogens with one attached hydrogen (secondary N) is 1. The van der Waals surface area contributed by atoms with Gasteiger partial charge in [-0.25, -0.2) is 9.97 Å². The molecule has 1 heterocycles. The van der Waals surface area contributed by atoms with Crippen molar-refractivity contribution in [3.8, 4) is 0 Å². The van der Waals surface area contributed by atoms with Gasteiger partial charge in [-0.05, 0) is 36.9 Å². The first kappa shape index (κ1) is 21.7. The Morgan fingerprint density at radius 2 is 1.89 bits per heavy atom. The van der Waals surface area contributed by atoms with Gasteiger partial charge in [0.25, 0.3) is 5.91 Å². The van der Waals surface area contributed by atoms with Crippen LogP contribution in [0.1, 0.15) is 48.4 Å². The third kappa shape index (κ3) is 5.67. The molecule has 0 aliphatic heterocycles. The quantitative estimate of drug-likeness (QED) is 0.576. The van der Waals surface area contributed by atoms with E-state index in [9.17, 15) is 4.79 Å². The van der Waals surface area contributed by atoms with Crippen LogP contribution in [0.5, 0.6) is 0 Å². The Balaban J connectivity index is 2.14. The molecule has 0 saturated heterocycles. The van der Waals surface area contributed by atoms with Crippen molar-refractivity contribution >= 4 is 29.3 Å². The van der Waals surface area contributed by atoms with Gasteiger partial charge >= 0.3 is 0 Å². The van der Waals surface area contributed by atoms with E-state index in [1.54, 1.807) is 0 Å². The lowest BCUT2D eigenvalue weighted by Gasteiger charge is -2.26. The molecule has 0 saturated carbocycles. The molecular formula is C20H27ClN4OS. The summed E-state index contributed by atoms with van der Waals surface area (Å²) in [5, 5.41) is 3.72. The maximum atomic E-state index is 12.6. The summed E-state index contributed by atoms with van der Waals surface area (Å²) in [4.78, 5) is 22.9. The Bertz CT molecular complexity index is 788. The van der Waals surface area contributed by atoms with Gasteiger partial charge in [0.05, 0.1) is 17.3 Å². The first-order valence-corrected chi connectivity index (χ1v) is 10.4. The van der Waals surface area contributed by atoms with Gasteiger partial charge in [0.2, 0.25) is 0 Å². The maximum absolute atomic E-state index is 12.6. The zero-order valence-corrected chi connectivity index (χ0v) is 18.3. The molecule has 0 spiro atoms. The number of benzene rings is 1. The van der Waals surface area contributed by atoms with Crippen molar-refractivity contribution in [3.63, 3.8) is 0 Å². The van der Waals surface area contributed by atoms with E-state index in [0.29, 0.717) is 11.7 Å². The Morgan fingerprint density at radius 1 is 1.26 bits per heavy atom. The van der Waals surface area contributed by atoms with Crippen LogP contribution in [0.2, 0.25) is 5.02 Å². The van der Waals surface area contributed by atoms with Crippen molar-refractivity contribution in [1.82, 2.24) is 20.2 Å². The molecule has 1 amide bonds.